The maximum atomic E-state index is 12.0. The van der Waals surface area contributed by atoms with Crippen LogP contribution in [0.4, 0.5) is 0 Å². The van der Waals surface area contributed by atoms with Crippen LogP contribution in [0.2, 0.25) is 0 Å². The molecule has 6 nitrogen and oxygen atoms in total. The summed E-state index contributed by atoms with van der Waals surface area (Å²) < 4.78 is 9.32. The molecule has 0 fully saturated rings. The van der Waals surface area contributed by atoms with Crippen molar-refractivity contribution in [2.75, 3.05) is 14.2 Å². The van der Waals surface area contributed by atoms with Crippen molar-refractivity contribution in [3.05, 3.63) is 35.9 Å². The number of benzene rings is 1. The van der Waals surface area contributed by atoms with Crippen LogP contribution in [0, 0.1) is 5.92 Å². The summed E-state index contributed by atoms with van der Waals surface area (Å²) in [5, 5.41) is 2.63. The third-order valence-electron chi connectivity index (χ3n) is 3.50. The fraction of sp³-hybridized carbons (Fsp3) is 0.471. The molecule has 0 aliphatic carbocycles. The van der Waals surface area contributed by atoms with Crippen molar-refractivity contribution in [3.8, 4) is 0 Å². The Kier molecular flexibility index (Phi) is 7.80. The Morgan fingerprint density at radius 3 is 2.22 bits per heavy atom. The first-order valence-corrected chi connectivity index (χ1v) is 7.46. The van der Waals surface area contributed by atoms with Gasteiger partial charge in [-0.1, -0.05) is 37.3 Å². The van der Waals surface area contributed by atoms with Crippen molar-refractivity contribution >= 4 is 17.8 Å². The topological polar surface area (TPSA) is 81.7 Å². The van der Waals surface area contributed by atoms with Crippen molar-refractivity contribution in [1.29, 1.82) is 0 Å². The van der Waals surface area contributed by atoms with E-state index in [0.29, 0.717) is 6.42 Å². The van der Waals surface area contributed by atoms with Gasteiger partial charge in [-0.3, -0.25) is 9.59 Å². The van der Waals surface area contributed by atoms with E-state index in [2.05, 4.69) is 14.8 Å². The molecule has 1 aromatic carbocycles. The van der Waals surface area contributed by atoms with Crippen LogP contribution in [0.1, 0.15) is 25.3 Å². The summed E-state index contributed by atoms with van der Waals surface area (Å²) >= 11 is 0. The van der Waals surface area contributed by atoms with E-state index in [1.165, 1.54) is 14.2 Å². The molecular formula is C17H23NO5. The molecular weight excluding hydrogens is 298 g/mol. The number of amides is 1. The molecule has 0 radical (unpaired) electrons. The van der Waals surface area contributed by atoms with Crippen molar-refractivity contribution in [3.63, 3.8) is 0 Å². The first-order chi connectivity index (χ1) is 11.0. The quantitative estimate of drug-likeness (QED) is 0.733. The lowest BCUT2D eigenvalue weighted by atomic mass is 10.0. The number of carbonyl (C=O) groups is 3. The highest BCUT2D eigenvalue weighted by atomic mass is 16.5. The lowest BCUT2D eigenvalue weighted by molar-refractivity contribution is -0.148. The summed E-state index contributed by atoms with van der Waals surface area (Å²) in [7, 11) is 2.53. The average molecular weight is 321 g/mol. The minimum absolute atomic E-state index is 0.135. The van der Waals surface area contributed by atoms with E-state index in [1.54, 1.807) is 6.92 Å². The molecule has 0 aliphatic heterocycles. The van der Waals surface area contributed by atoms with E-state index in [1.807, 2.05) is 30.3 Å². The average Bonchev–Trinajstić information content (AvgIpc) is 2.58. The second-order valence-electron chi connectivity index (χ2n) is 5.29. The highest BCUT2D eigenvalue weighted by molar-refractivity contribution is 5.85. The molecule has 0 bridgehead atoms. The highest BCUT2D eigenvalue weighted by Crippen LogP contribution is 2.10. The lowest BCUT2D eigenvalue weighted by Gasteiger charge is -2.19. The van der Waals surface area contributed by atoms with Crippen LogP contribution in [0.15, 0.2) is 30.3 Å². The molecule has 1 rings (SSSR count). The fourth-order valence-corrected chi connectivity index (χ4v) is 2.18. The van der Waals surface area contributed by atoms with Gasteiger partial charge in [0.2, 0.25) is 5.91 Å². The van der Waals surface area contributed by atoms with Crippen LogP contribution in [-0.4, -0.2) is 38.1 Å². The van der Waals surface area contributed by atoms with Gasteiger partial charge in [-0.05, 0) is 18.4 Å². The number of methoxy groups -OCH3 is 2. The van der Waals surface area contributed by atoms with Gasteiger partial charge in [0, 0.05) is 6.42 Å². The van der Waals surface area contributed by atoms with E-state index < -0.39 is 23.9 Å². The number of rotatable bonds is 8. The normalized spacial score (nSPS) is 12.8. The number of aryl methyl sites for hydroxylation is 1. The SMILES string of the molecule is COC(=O)[C@H](C)C[C@H](NC(=O)CCc1ccccc1)C(=O)OC. The summed E-state index contributed by atoms with van der Waals surface area (Å²) in [4.78, 5) is 35.3. The summed E-state index contributed by atoms with van der Waals surface area (Å²) in [5.41, 5.74) is 1.04. The zero-order valence-corrected chi connectivity index (χ0v) is 13.7. The molecule has 6 heteroatoms. The van der Waals surface area contributed by atoms with E-state index in [-0.39, 0.29) is 18.7 Å². The van der Waals surface area contributed by atoms with Crippen LogP contribution >= 0.6 is 0 Å². The molecule has 0 heterocycles. The minimum Gasteiger partial charge on any atom is -0.469 e. The maximum Gasteiger partial charge on any atom is 0.328 e. The van der Waals surface area contributed by atoms with E-state index >= 15 is 0 Å². The van der Waals surface area contributed by atoms with Crippen molar-refractivity contribution in [2.45, 2.75) is 32.2 Å². The zero-order valence-electron chi connectivity index (χ0n) is 13.7. The molecule has 0 unspecified atom stereocenters. The van der Waals surface area contributed by atoms with E-state index in [9.17, 15) is 14.4 Å². The first kappa shape index (κ1) is 18.7. The second kappa shape index (κ2) is 9.61. The highest BCUT2D eigenvalue weighted by Gasteiger charge is 2.27. The second-order valence-corrected chi connectivity index (χ2v) is 5.29. The molecule has 0 spiro atoms. The van der Waals surface area contributed by atoms with E-state index in [0.717, 1.165) is 5.56 Å². The monoisotopic (exact) mass is 321 g/mol. The zero-order chi connectivity index (χ0) is 17.2. The molecule has 1 amide bonds. The lowest BCUT2D eigenvalue weighted by Crippen LogP contribution is -2.43. The molecule has 0 aromatic heterocycles. The summed E-state index contributed by atoms with van der Waals surface area (Å²) in [6.07, 6.45) is 0.966. The van der Waals surface area contributed by atoms with Gasteiger partial charge in [-0.15, -0.1) is 0 Å². The Bertz CT molecular complexity index is 529. The number of hydrogen-bond acceptors (Lipinski definition) is 5. The van der Waals surface area contributed by atoms with Crippen LogP contribution in [0.5, 0.6) is 0 Å². The molecule has 126 valence electrons. The predicted octanol–water partition coefficient (Wildman–Crippen LogP) is 1.48. The Morgan fingerprint density at radius 2 is 1.65 bits per heavy atom. The van der Waals surface area contributed by atoms with Gasteiger partial charge in [-0.2, -0.15) is 0 Å². The number of ether oxygens (including phenoxy) is 2. The van der Waals surface area contributed by atoms with Gasteiger partial charge >= 0.3 is 11.9 Å². The number of carbonyl (C=O) groups excluding carboxylic acids is 3. The molecule has 2 atom stereocenters. The van der Waals surface area contributed by atoms with Crippen LogP contribution in [0.3, 0.4) is 0 Å². The summed E-state index contributed by atoms with van der Waals surface area (Å²) in [5.74, 6) is -1.79. The summed E-state index contributed by atoms with van der Waals surface area (Å²) in [6, 6.07) is 8.72. The fourth-order valence-electron chi connectivity index (χ4n) is 2.18. The largest absolute Gasteiger partial charge is 0.469 e. The molecule has 0 saturated heterocycles. The van der Waals surface area contributed by atoms with E-state index in [4.69, 9.17) is 0 Å². The van der Waals surface area contributed by atoms with Gasteiger partial charge in [0.05, 0.1) is 20.1 Å². The number of nitrogens with one attached hydrogen (secondary N) is 1. The Hall–Kier alpha value is -2.37. The van der Waals surface area contributed by atoms with Crippen LogP contribution in [-0.2, 0) is 30.3 Å². The van der Waals surface area contributed by atoms with Crippen molar-refractivity contribution in [2.24, 2.45) is 5.92 Å². The van der Waals surface area contributed by atoms with Gasteiger partial charge in [0.1, 0.15) is 6.04 Å². The Balaban J connectivity index is 2.57. The molecule has 1 aromatic rings. The molecule has 23 heavy (non-hydrogen) atoms. The number of hydrogen-bond donors (Lipinski definition) is 1. The molecule has 1 N–H and O–H groups in total. The smallest absolute Gasteiger partial charge is 0.328 e. The number of esters is 2. The maximum absolute atomic E-state index is 12.0. The van der Waals surface area contributed by atoms with Crippen molar-refractivity contribution < 1.29 is 23.9 Å². The third kappa shape index (κ3) is 6.50. The molecule has 0 saturated carbocycles. The van der Waals surface area contributed by atoms with Gasteiger partial charge < -0.3 is 14.8 Å². The Labute approximate surface area is 136 Å². The van der Waals surface area contributed by atoms with Gasteiger partial charge in [0.15, 0.2) is 0 Å². The Morgan fingerprint density at radius 1 is 1.04 bits per heavy atom. The van der Waals surface area contributed by atoms with Gasteiger partial charge in [0.25, 0.3) is 0 Å². The van der Waals surface area contributed by atoms with Gasteiger partial charge in [-0.25, -0.2) is 4.79 Å². The first-order valence-electron chi connectivity index (χ1n) is 7.46. The summed E-state index contributed by atoms with van der Waals surface area (Å²) in [6.45, 7) is 1.64. The minimum atomic E-state index is -0.864. The van der Waals surface area contributed by atoms with Crippen molar-refractivity contribution in [1.82, 2.24) is 5.32 Å². The standard InChI is InChI=1S/C17H23NO5/c1-12(16(20)22-2)11-14(17(21)23-3)18-15(19)10-9-13-7-5-4-6-8-13/h4-8,12,14H,9-11H2,1-3H3,(H,18,19)/t12-,14+/m1/s1. The predicted molar refractivity (Wildman–Crippen MR) is 84.5 cm³/mol. The van der Waals surface area contributed by atoms with Crippen LogP contribution < -0.4 is 5.32 Å². The third-order valence-corrected chi connectivity index (χ3v) is 3.50. The van der Waals surface area contributed by atoms with Crippen LogP contribution in [0.25, 0.3) is 0 Å². The molecule has 0 aliphatic rings.